The van der Waals surface area contributed by atoms with Gasteiger partial charge in [-0.15, -0.1) is 0 Å². The normalized spacial score (nSPS) is 22.6. The van der Waals surface area contributed by atoms with Crippen LogP contribution in [0.15, 0.2) is 28.7 Å². The van der Waals surface area contributed by atoms with Crippen molar-refractivity contribution >= 4 is 22.1 Å². The first-order chi connectivity index (χ1) is 7.50. The Hall–Kier alpha value is -1.03. The molecule has 4 heteroatoms. The maximum absolute atomic E-state index is 8.56. The molecular formula is C12H15BrO3. The van der Waals surface area contributed by atoms with E-state index in [0.29, 0.717) is 0 Å². The Morgan fingerprint density at radius 3 is 2.06 bits per heavy atom. The fraction of sp³-hybridized carbons (Fsp3) is 0.417. The smallest absolute Gasteiger partial charge is 0.450 e. The van der Waals surface area contributed by atoms with Gasteiger partial charge in [0, 0.05) is 4.47 Å². The van der Waals surface area contributed by atoms with E-state index in [9.17, 15) is 0 Å². The van der Waals surface area contributed by atoms with Gasteiger partial charge in [-0.05, 0) is 42.4 Å². The number of rotatable bonds is 1. The molecule has 1 saturated carbocycles. The molecule has 0 heterocycles. The highest BCUT2D eigenvalue weighted by Crippen LogP contribution is 2.42. The van der Waals surface area contributed by atoms with Gasteiger partial charge < -0.3 is 10.2 Å². The van der Waals surface area contributed by atoms with Crippen molar-refractivity contribution in [1.82, 2.24) is 0 Å². The molecule has 0 bridgehead atoms. The van der Waals surface area contributed by atoms with E-state index in [0.717, 1.165) is 11.8 Å². The van der Waals surface area contributed by atoms with Gasteiger partial charge in [-0.1, -0.05) is 35.0 Å². The van der Waals surface area contributed by atoms with Crippen LogP contribution in [-0.2, 0) is 0 Å². The quantitative estimate of drug-likeness (QED) is 0.814. The summed E-state index contributed by atoms with van der Waals surface area (Å²) in [6, 6.07) is 8.76. The topological polar surface area (TPSA) is 57.5 Å². The summed E-state index contributed by atoms with van der Waals surface area (Å²) in [7, 11) is 0. The standard InChI is InChI=1S/C11H13Br.CH2O3/c1-8-2-7-11(8)9-3-5-10(12)6-4-9;2-1(3)4/h3-6,8,11H,2,7H2,1H3;(H2,2,3,4). The fourth-order valence-electron chi connectivity index (χ4n) is 1.87. The maximum Gasteiger partial charge on any atom is 0.503 e. The monoisotopic (exact) mass is 286 g/mol. The summed E-state index contributed by atoms with van der Waals surface area (Å²) in [6.07, 6.45) is 0.948. The molecule has 2 N–H and O–H groups in total. The molecule has 1 aliphatic rings. The third-order valence-electron chi connectivity index (χ3n) is 2.92. The Balaban J connectivity index is 0.000000280. The molecule has 0 amide bonds. The van der Waals surface area contributed by atoms with Crippen LogP contribution in [-0.4, -0.2) is 16.4 Å². The molecular weight excluding hydrogens is 272 g/mol. The summed E-state index contributed by atoms with van der Waals surface area (Å²) in [4.78, 5) is 8.56. The van der Waals surface area contributed by atoms with E-state index in [-0.39, 0.29) is 0 Å². The highest BCUT2D eigenvalue weighted by Gasteiger charge is 2.27. The minimum atomic E-state index is -1.83. The van der Waals surface area contributed by atoms with Crippen molar-refractivity contribution in [2.45, 2.75) is 25.7 Å². The molecule has 2 unspecified atom stereocenters. The number of hydrogen-bond acceptors (Lipinski definition) is 1. The zero-order valence-electron chi connectivity index (χ0n) is 9.06. The minimum absolute atomic E-state index is 0.832. The predicted octanol–water partition coefficient (Wildman–Crippen LogP) is 4.19. The number of carbonyl (C=O) groups is 1. The predicted molar refractivity (Wildman–Crippen MR) is 65.9 cm³/mol. The van der Waals surface area contributed by atoms with Gasteiger partial charge in [-0.2, -0.15) is 0 Å². The lowest BCUT2D eigenvalue weighted by Crippen LogP contribution is -2.20. The Morgan fingerprint density at radius 1 is 1.25 bits per heavy atom. The lowest BCUT2D eigenvalue weighted by Gasteiger charge is -2.34. The van der Waals surface area contributed by atoms with Crippen molar-refractivity contribution in [2.24, 2.45) is 5.92 Å². The van der Waals surface area contributed by atoms with E-state index in [2.05, 4.69) is 47.1 Å². The van der Waals surface area contributed by atoms with Gasteiger partial charge in [0.25, 0.3) is 0 Å². The molecule has 0 aliphatic heterocycles. The van der Waals surface area contributed by atoms with E-state index in [1.54, 1.807) is 0 Å². The van der Waals surface area contributed by atoms with Crippen molar-refractivity contribution in [1.29, 1.82) is 0 Å². The minimum Gasteiger partial charge on any atom is -0.450 e. The van der Waals surface area contributed by atoms with Gasteiger partial charge in [0.1, 0.15) is 0 Å². The van der Waals surface area contributed by atoms with Crippen LogP contribution in [0.4, 0.5) is 4.79 Å². The maximum atomic E-state index is 8.56. The molecule has 0 aromatic heterocycles. The second-order valence-corrected chi connectivity index (χ2v) is 4.91. The molecule has 3 nitrogen and oxygen atoms in total. The van der Waals surface area contributed by atoms with Gasteiger partial charge in [0.15, 0.2) is 0 Å². The first-order valence-corrected chi connectivity index (χ1v) is 5.97. The summed E-state index contributed by atoms with van der Waals surface area (Å²) >= 11 is 3.45. The zero-order valence-corrected chi connectivity index (χ0v) is 10.6. The molecule has 16 heavy (non-hydrogen) atoms. The van der Waals surface area contributed by atoms with Gasteiger partial charge >= 0.3 is 6.16 Å². The Bertz CT molecular complexity index is 344. The molecule has 1 aromatic rings. The van der Waals surface area contributed by atoms with Crippen molar-refractivity contribution in [3.8, 4) is 0 Å². The first kappa shape index (κ1) is 13.0. The van der Waals surface area contributed by atoms with Crippen LogP contribution >= 0.6 is 15.9 Å². The van der Waals surface area contributed by atoms with Crippen molar-refractivity contribution < 1.29 is 15.0 Å². The van der Waals surface area contributed by atoms with Crippen molar-refractivity contribution in [3.05, 3.63) is 34.3 Å². The van der Waals surface area contributed by atoms with E-state index in [1.165, 1.54) is 22.9 Å². The average Bonchev–Trinajstić information content (AvgIpc) is 2.18. The van der Waals surface area contributed by atoms with Gasteiger partial charge in [-0.3, -0.25) is 0 Å². The number of halogens is 1. The third-order valence-corrected chi connectivity index (χ3v) is 3.45. The molecule has 0 saturated heterocycles. The zero-order chi connectivity index (χ0) is 12.1. The lowest BCUT2D eigenvalue weighted by atomic mass is 9.71. The number of benzene rings is 1. The van der Waals surface area contributed by atoms with E-state index in [1.807, 2.05) is 0 Å². The van der Waals surface area contributed by atoms with Crippen LogP contribution in [0.3, 0.4) is 0 Å². The summed E-state index contributed by atoms with van der Waals surface area (Å²) < 4.78 is 1.18. The van der Waals surface area contributed by atoms with Crippen LogP contribution in [0.2, 0.25) is 0 Å². The molecule has 1 aliphatic carbocycles. The first-order valence-electron chi connectivity index (χ1n) is 5.18. The molecule has 2 rings (SSSR count). The van der Waals surface area contributed by atoms with Crippen LogP contribution in [0.5, 0.6) is 0 Å². The van der Waals surface area contributed by atoms with Crippen LogP contribution < -0.4 is 0 Å². The lowest BCUT2D eigenvalue weighted by molar-refractivity contribution is 0.137. The molecule has 1 aromatic carbocycles. The third kappa shape index (κ3) is 3.85. The molecule has 1 fully saturated rings. The summed E-state index contributed by atoms with van der Waals surface area (Å²) in [5, 5.41) is 13.9. The highest BCUT2D eigenvalue weighted by atomic mass is 79.9. The molecule has 88 valence electrons. The average molecular weight is 287 g/mol. The van der Waals surface area contributed by atoms with E-state index in [4.69, 9.17) is 15.0 Å². The van der Waals surface area contributed by atoms with E-state index >= 15 is 0 Å². The van der Waals surface area contributed by atoms with Gasteiger partial charge in [0.2, 0.25) is 0 Å². The highest BCUT2D eigenvalue weighted by molar-refractivity contribution is 9.10. The van der Waals surface area contributed by atoms with Gasteiger partial charge in [-0.25, -0.2) is 4.79 Å². The van der Waals surface area contributed by atoms with Gasteiger partial charge in [0.05, 0.1) is 0 Å². The summed E-state index contributed by atoms with van der Waals surface area (Å²) in [5.41, 5.74) is 1.51. The van der Waals surface area contributed by atoms with Crippen molar-refractivity contribution in [2.75, 3.05) is 0 Å². The Kier molecular flexibility index (Phi) is 4.80. The van der Waals surface area contributed by atoms with Crippen molar-refractivity contribution in [3.63, 3.8) is 0 Å². The Morgan fingerprint density at radius 2 is 1.75 bits per heavy atom. The fourth-order valence-corrected chi connectivity index (χ4v) is 2.14. The SMILES string of the molecule is CC1CCC1c1ccc(Br)cc1.O=C(O)O. The molecule has 2 atom stereocenters. The number of hydrogen-bond donors (Lipinski definition) is 2. The van der Waals surface area contributed by atoms with Crippen LogP contribution in [0.1, 0.15) is 31.2 Å². The molecule has 0 radical (unpaired) electrons. The number of carboxylic acid groups (broad SMARTS) is 2. The van der Waals surface area contributed by atoms with E-state index < -0.39 is 6.16 Å². The molecule has 0 spiro atoms. The second-order valence-electron chi connectivity index (χ2n) is 4.00. The summed E-state index contributed by atoms with van der Waals surface area (Å²) in [5.74, 6) is 1.73. The van der Waals surface area contributed by atoms with Crippen LogP contribution in [0, 0.1) is 5.92 Å². The second kappa shape index (κ2) is 5.89. The summed E-state index contributed by atoms with van der Waals surface area (Å²) in [6.45, 7) is 2.34. The largest absolute Gasteiger partial charge is 0.503 e. The van der Waals surface area contributed by atoms with Crippen LogP contribution in [0.25, 0.3) is 0 Å². The Labute approximate surface area is 103 Å².